The Morgan fingerprint density at radius 1 is 1.21 bits per heavy atom. The summed E-state index contributed by atoms with van der Waals surface area (Å²) in [5.41, 5.74) is -0.876. The number of nitrogens with zero attached hydrogens (tertiary/aromatic N) is 2. The molecule has 1 aromatic carbocycles. The second-order valence-electron chi connectivity index (χ2n) is 14.8. The largest absolute Gasteiger partial charge is 0.495 e. The smallest absolute Gasteiger partial charge is 0.409 e. The van der Waals surface area contributed by atoms with Crippen LogP contribution in [0.3, 0.4) is 0 Å². The molecule has 3 aliphatic rings. The molecule has 1 aromatic rings. The van der Waals surface area contributed by atoms with Crippen molar-refractivity contribution in [1.82, 2.24) is 10.2 Å². The zero-order valence-corrected chi connectivity index (χ0v) is 32.6. The molecule has 0 saturated carbocycles. The van der Waals surface area contributed by atoms with E-state index in [0.29, 0.717) is 30.2 Å². The topological polar surface area (TPSA) is 156 Å². The van der Waals surface area contributed by atoms with Crippen LogP contribution in [-0.4, -0.2) is 104 Å². The Labute approximate surface area is 311 Å². The molecule has 0 aliphatic carbocycles. The van der Waals surface area contributed by atoms with Crippen molar-refractivity contribution in [3.63, 3.8) is 0 Å². The fraction of sp³-hybridized carbons (Fsp3) is 0.632. The molecule has 0 spiro atoms. The number of methoxy groups -OCH3 is 2. The average molecular weight is 748 g/mol. The SMILES string of the molecule is COc1cc2cc(c1Cl)N(C)C(=O)CC(OC(=O)C(C)N(C)C(=O)CCC(C)C)C1(C)OC1C(C)C1CC(O)(NC(=O)O1)C(OC)/C=C/C=C(\C)C2. The summed E-state index contributed by atoms with van der Waals surface area (Å²) >= 11 is 6.75. The third-order valence-corrected chi connectivity index (χ3v) is 10.8. The van der Waals surface area contributed by atoms with Crippen LogP contribution in [0, 0.1) is 11.8 Å². The number of carbonyl (C=O) groups excluding carboxylic acids is 4. The van der Waals surface area contributed by atoms with Crippen LogP contribution in [0.5, 0.6) is 5.75 Å². The molecule has 4 bridgehead atoms. The molecule has 0 aromatic heterocycles. The van der Waals surface area contributed by atoms with E-state index in [0.717, 1.165) is 11.1 Å². The Bertz CT molecular complexity index is 1580. The van der Waals surface area contributed by atoms with Crippen LogP contribution in [0.1, 0.15) is 72.8 Å². The van der Waals surface area contributed by atoms with E-state index in [2.05, 4.69) is 5.32 Å². The normalized spacial score (nSPS) is 31.7. The summed E-state index contributed by atoms with van der Waals surface area (Å²) in [5, 5.41) is 14.5. The summed E-state index contributed by atoms with van der Waals surface area (Å²) in [5.74, 6) is -1.16. The molecule has 13 nitrogen and oxygen atoms in total. The van der Waals surface area contributed by atoms with Crippen molar-refractivity contribution < 1.29 is 48.0 Å². The molecular formula is C38H54ClN3O10. The monoisotopic (exact) mass is 747 g/mol. The summed E-state index contributed by atoms with van der Waals surface area (Å²) in [7, 11) is 6.06. The van der Waals surface area contributed by atoms with Gasteiger partial charge in [-0.25, -0.2) is 9.59 Å². The lowest BCUT2D eigenvalue weighted by atomic mass is 9.83. The number of esters is 1. The van der Waals surface area contributed by atoms with E-state index in [1.165, 1.54) is 24.0 Å². The van der Waals surface area contributed by atoms with Crippen molar-refractivity contribution in [2.75, 3.05) is 33.2 Å². The zero-order chi connectivity index (χ0) is 38.7. The third kappa shape index (κ3) is 9.10. The number of nitrogens with one attached hydrogen (secondary N) is 1. The molecule has 2 N–H and O–H groups in total. The lowest BCUT2D eigenvalue weighted by Crippen LogP contribution is -2.63. The van der Waals surface area contributed by atoms with Crippen molar-refractivity contribution in [1.29, 1.82) is 0 Å². The van der Waals surface area contributed by atoms with Crippen LogP contribution in [-0.2, 0) is 39.8 Å². The summed E-state index contributed by atoms with van der Waals surface area (Å²) in [4.78, 5) is 56.3. The van der Waals surface area contributed by atoms with Crippen molar-refractivity contribution in [2.24, 2.45) is 11.8 Å². The number of carbonyl (C=O) groups is 4. The molecular weight excluding hydrogens is 694 g/mol. The van der Waals surface area contributed by atoms with Gasteiger partial charge in [0.05, 0.1) is 25.3 Å². The number of halogens is 1. The number of alkyl carbamates (subject to hydrolysis) is 1. The van der Waals surface area contributed by atoms with Gasteiger partial charge >= 0.3 is 12.1 Å². The highest BCUT2D eigenvalue weighted by molar-refractivity contribution is 6.35. The first-order chi connectivity index (χ1) is 24.3. The number of epoxide rings is 1. The molecule has 2 saturated heterocycles. The minimum atomic E-state index is -1.82. The predicted molar refractivity (Wildman–Crippen MR) is 195 cm³/mol. The number of benzene rings is 1. The number of hydrogen-bond donors (Lipinski definition) is 2. The number of allylic oxidation sites excluding steroid dienone is 3. The first kappa shape index (κ1) is 41.1. The van der Waals surface area contributed by atoms with Crippen LogP contribution in [0.15, 0.2) is 35.9 Å². The quantitative estimate of drug-likeness (QED) is 0.276. The van der Waals surface area contributed by atoms with Gasteiger partial charge in [-0.2, -0.15) is 0 Å². The number of aliphatic hydroxyl groups is 1. The highest BCUT2D eigenvalue weighted by Gasteiger charge is 2.64. The molecule has 3 amide bonds. The standard InChI is InChI=1S/C38H54ClN3O10/c1-21(2)14-15-31(43)41(7)24(5)35(45)51-30-19-32(44)42(8)26-17-25(18-27(48-9)33(26)39)16-22(3)12-11-13-29(49-10)38(47)20-28(50-36(46)40-38)23(4)34-37(30,6)52-34/h11-13,17-18,21,23-24,28-30,34,47H,14-16,19-20H2,1-10H3,(H,40,46)/b13-11+,22-12+. The highest BCUT2D eigenvalue weighted by Crippen LogP contribution is 2.49. The maximum absolute atomic E-state index is 14.1. The molecule has 3 heterocycles. The number of likely N-dealkylation sites (N-methyl/N-ethyl adjacent to an activating group) is 1. The minimum absolute atomic E-state index is 0.0437. The van der Waals surface area contributed by atoms with Gasteiger partial charge < -0.3 is 38.6 Å². The summed E-state index contributed by atoms with van der Waals surface area (Å²) in [6, 6.07) is 2.64. The predicted octanol–water partition coefficient (Wildman–Crippen LogP) is 4.95. The van der Waals surface area contributed by atoms with E-state index in [4.69, 9.17) is 35.3 Å². The van der Waals surface area contributed by atoms with Crippen molar-refractivity contribution >= 4 is 41.2 Å². The number of ether oxygens (including phenoxy) is 5. The Balaban J connectivity index is 1.75. The van der Waals surface area contributed by atoms with Gasteiger partial charge in [0, 0.05) is 40.0 Å². The van der Waals surface area contributed by atoms with Crippen molar-refractivity contribution in [3.8, 4) is 5.75 Å². The van der Waals surface area contributed by atoms with E-state index in [9.17, 15) is 24.3 Å². The fourth-order valence-corrected chi connectivity index (χ4v) is 7.12. The molecule has 8 unspecified atom stereocenters. The van der Waals surface area contributed by atoms with E-state index in [1.54, 1.807) is 59.2 Å². The first-order valence-electron chi connectivity index (χ1n) is 17.7. The molecule has 3 aliphatic heterocycles. The second kappa shape index (κ2) is 16.6. The van der Waals surface area contributed by atoms with Crippen LogP contribution in [0.4, 0.5) is 10.5 Å². The van der Waals surface area contributed by atoms with Gasteiger partial charge in [-0.1, -0.05) is 56.2 Å². The van der Waals surface area contributed by atoms with Gasteiger partial charge in [0.1, 0.15) is 40.7 Å². The number of anilines is 1. The Hall–Kier alpha value is -3.65. The van der Waals surface area contributed by atoms with E-state index in [-0.39, 0.29) is 30.2 Å². The van der Waals surface area contributed by atoms with E-state index in [1.807, 2.05) is 26.8 Å². The molecule has 2 fully saturated rings. The zero-order valence-electron chi connectivity index (χ0n) is 31.9. The van der Waals surface area contributed by atoms with Gasteiger partial charge in [0.2, 0.25) is 11.8 Å². The van der Waals surface area contributed by atoms with Crippen LogP contribution in [0.2, 0.25) is 5.02 Å². The Morgan fingerprint density at radius 2 is 1.90 bits per heavy atom. The number of fused-ring (bicyclic) bond motifs is 5. The highest BCUT2D eigenvalue weighted by atomic mass is 35.5. The summed E-state index contributed by atoms with van der Waals surface area (Å²) in [6.45, 7) is 11.1. The maximum atomic E-state index is 14.1. The lowest BCUT2D eigenvalue weighted by Gasteiger charge is -2.42. The lowest BCUT2D eigenvalue weighted by molar-refractivity contribution is -0.162. The first-order valence-corrected chi connectivity index (χ1v) is 18.1. The maximum Gasteiger partial charge on any atom is 0.409 e. The number of amides is 3. The molecule has 14 heteroatoms. The van der Waals surface area contributed by atoms with E-state index >= 15 is 0 Å². The van der Waals surface area contributed by atoms with Crippen LogP contribution < -0.4 is 15.0 Å². The molecule has 288 valence electrons. The number of rotatable bonds is 8. The summed E-state index contributed by atoms with van der Waals surface area (Å²) < 4.78 is 29.2. The van der Waals surface area contributed by atoms with Crippen LogP contribution in [0.25, 0.3) is 0 Å². The Morgan fingerprint density at radius 3 is 2.54 bits per heavy atom. The van der Waals surface area contributed by atoms with Crippen molar-refractivity contribution in [3.05, 3.63) is 46.5 Å². The molecule has 52 heavy (non-hydrogen) atoms. The van der Waals surface area contributed by atoms with Gasteiger partial charge in [0.15, 0.2) is 5.72 Å². The fourth-order valence-electron chi connectivity index (χ4n) is 6.81. The minimum Gasteiger partial charge on any atom is -0.495 e. The molecule has 8 atom stereocenters. The number of hydrogen-bond acceptors (Lipinski definition) is 10. The Kier molecular flexibility index (Phi) is 13.1. The molecule has 0 radical (unpaired) electrons. The average Bonchev–Trinajstić information content (AvgIpc) is 3.79. The van der Waals surface area contributed by atoms with E-state index < -0.39 is 65.7 Å². The van der Waals surface area contributed by atoms with Gasteiger partial charge in [-0.15, -0.1) is 0 Å². The van der Waals surface area contributed by atoms with Gasteiger partial charge in [0.25, 0.3) is 0 Å². The summed E-state index contributed by atoms with van der Waals surface area (Å²) in [6.07, 6.45) is 1.97. The van der Waals surface area contributed by atoms with Crippen LogP contribution >= 0.6 is 11.6 Å². The van der Waals surface area contributed by atoms with Gasteiger partial charge in [-0.05, 0) is 57.2 Å². The molecule has 4 rings (SSSR count). The third-order valence-electron chi connectivity index (χ3n) is 10.5. The second-order valence-corrected chi connectivity index (χ2v) is 15.2. The van der Waals surface area contributed by atoms with Gasteiger partial charge in [-0.3, -0.25) is 14.9 Å². The van der Waals surface area contributed by atoms with Crippen molar-refractivity contribution in [2.45, 2.75) is 115 Å².